The number of amides is 1. The summed E-state index contributed by atoms with van der Waals surface area (Å²) in [6, 6.07) is 19.7. The van der Waals surface area contributed by atoms with Crippen LogP contribution in [0.3, 0.4) is 0 Å². The number of rotatable bonds is 6. The van der Waals surface area contributed by atoms with E-state index in [1.54, 1.807) is 18.2 Å². The molecule has 1 amide bonds. The molecule has 0 saturated carbocycles. The van der Waals surface area contributed by atoms with Crippen LogP contribution < -0.4 is 10.0 Å². The molecule has 8 heteroatoms. The third-order valence-electron chi connectivity index (χ3n) is 4.25. The van der Waals surface area contributed by atoms with Crippen molar-refractivity contribution in [3.05, 3.63) is 94.0 Å². The number of carbonyl (C=O) groups is 1. The van der Waals surface area contributed by atoms with Gasteiger partial charge in [-0.3, -0.25) is 9.52 Å². The summed E-state index contributed by atoms with van der Waals surface area (Å²) in [5.41, 5.74) is 1.27. The van der Waals surface area contributed by atoms with E-state index in [-0.39, 0.29) is 32.2 Å². The first kappa shape index (κ1) is 21.2. The molecule has 0 unspecified atom stereocenters. The molecule has 29 heavy (non-hydrogen) atoms. The Morgan fingerprint density at radius 1 is 0.931 bits per heavy atom. The van der Waals surface area contributed by atoms with Gasteiger partial charge in [-0.05, 0) is 42.8 Å². The molecule has 0 saturated heterocycles. The molecule has 1 atom stereocenters. The average molecular weight is 449 g/mol. The van der Waals surface area contributed by atoms with Crippen LogP contribution in [-0.4, -0.2) is 14.3 Å². The fourth-order valence-electron chi connectivity index (χ4n) is 2.75. The smallest absolute Gasteiger partial charge is 0.263 e. The van der Waals surface area contributed by atoms with Gasteiger partial charge in [0.1, 0.15) is 4.90 Å². The summed E-state index contributed by atoms with van der Waals surface area (Å²) in [5, 5.41) is 3.14. The summed E-state index contributed by atoms with van der Waals surface area (Å²) in [6.07, 6.45) is 0. The topological polar surface area (TPSA) is 75.3 Å². The van der Waals surface area contributed by atoms with E-state index in [1.165, 1.54) is 24.3 Å². The molecule has 0 aliphatic rings. The van der Waals surface area contributed by atoms with Crippen LogP contribution in [0, 0.1) is 0 Å². The van der Waals surface area contributed by atoms with Crippen molar-refractivity contribution in [2.24, 2.45) is 0 Å². The van der Waals surface area contributed by atoms with E-state index < -0.39 is 15.9 Å². The van der Waals surface area contributed by atoms with Crippen LogP contribution in [0.15, 0.2) is 77.7 Å². The van der Waals surface area contributed by atoms with Crippen molar-refractivity contribution >= 4 is 44.8 Å². The van der Waals surface area contributed by atoms with Crippen molar-refractivity contribution in [1.29, 1.82) is 0 Å². The van der Waals surface area contributed by atoms with Gasteiger partial charge in [-0.2, -0.15) is 0 Å². The van der Waals surface area contributed by atoms with Crippen LogP contribution >= 0.6 is 23.2 Å². The van der Waals surface area contributed by atoms with Gasteiger partial charge in [0.15, 0.2) is 0 Å². The Labute approximate surface area is 179 Å². The van der Waals surface area contributed by atoms with Gasteiger partial charge in [0.05, 0.1) is 22.3 Å². The number of para-hydroxylation sites is 1. The second-order valence-corrected chi connectivity index (χ2v) is 8.83. The number of carbonyl (C=O) groups excluding carboxylic acids is 1. The summed E-state index contributed by atoms with van der Waals surface area (Å²) < 4.78 is 28.0. The Morgan fingerprint density at radius 2 is 1.59 bits per heavy atom. The lowest BCUT2D eigenvalue weighted by molar-refractivity contribution is 0.0941. The number of anilines is 1. The van der Waals surface area contributed by atoms with Crippen molar-refractivity contribution in [2.45, 2.75) is 17.9 Å². The van der Waals surface area contributed by atoms with Crippen molar-refractivity contribution in [3.8, 4) is 0 Å². The molecule has 5 nitrogen and oxygen atoms in total. The van der Waals surface area contributed by atoms with Gasteiger partial charge in [0.25, 0.3) is 15.9 Å². The van der Waals surface area contributed by atoms with E-state index in [0.717, 1.165) is 5.56 Å². The number of nitrogens with one attached hydrogen (secondary N) is 2. The molecule has 3 rings (SSSR count). The molecular formula is C21H18Cl2N2O3S. The average Bonchev–Trinajstić information content (AvgIpc) is 2.70. The van der Waals surface area contributed by atoms with Gasteiger partial charge in [0, 0.05) is 5.02 Å². The SMILES string of the molecule is C[C@@H](NC(=O)c1ccccc1NS(=O)(=O)c1cc(Cl)ccc1Cl)c1ccccc1. The Balaban J connectivity index is 1.87. The molecule has 0 spiro atoms. The fourth-order valence-corrected chi connectivity index (χ4v) is 4.60. The fraction of sp³-hybridized carbons (Fsp3) is 0.0952. The first-order chi connectivity index (χ1) is 13.8. The highest BCUT2D eigenvalue weighted by Crippen LogP contribution is 2.28. The van der Waals surface area contributed by atoms with Gasteiger partial charge < -0.3 is 5.32 Å². The van der Waals surface area contributed by atoms with Gasteiger partial charge >= 0.3 is 0 Å². The third kappa shape index (κ3) is 5.09. The van der Waals surface area contributed by atoms with E-state index in [9.17, 15) is 13.2 Å². The molecule has 0 aliphatic carbocycles. The zero-order valence-corrected chi connectivity index (χ0v) is 17.7. The lowest BCUT2D eigenvalue weighted by Gasteiger charge is -2.17. The Morgan fingerprint density at radius 3 is 2.31 bits per heavy atom. The van der Waals surface area contributed by atoms with Crippen LogP contribution in [0.25, 0.3) is 0 Å². The third-order valence-corrected chi connectivity index (χ3v) is 6.33. The maximum atomic E-state index is 12.8. The maximum absolute atomic E-state index is 12.8. The Hall–Kier alpha value is -2.54. The van der Waals surface area contributed by atoms with Crippen LogP contribution in [0.2, 0.25) is 10.0 Å². The molecule has 150 valence electrons. The lowest BCUT2D eigenvalue weighted by Crippen LogP contribution is -2.28. The van der Waals surface area contributed by atoms with Crippen molar-refractivity contribution in [3.63, 3.8) is 0 Å². The predicted molar refractivity (Wildman–Crippen MR) is 116 cm³/mol. The van der Waals surface area contributed by atoms with Gasteiger partial charge in [0.2, 0.25) is 0 Å². The number of sulfonamides is 1. The molecule has 2 N–H and O–H groups in total. The van der Waals surface area contributed by atoms with E-state index >= 15 is 0 Å². The summed E-state index contributed by atoms with van der Waals surface area (Å²) in [7, 11) is -4.05. The first-order valence-corrected chi connectivity index (χ1v) is 10.9. The molecule has 0 fully saturated rings. The minimum atomic E-state index is -4.05. The largest absolute Gasteiger partial charge is 0.345 e. The minimum Gasteiger partial charge on any atom is -0.345 e. The quantitative estimate of drug-likeness (QED) is 0.537. The second-order valence-electron chi connectivity index (χ2n) is 6.33. The van der Waals surface area contributed by atoms with E-state index in [0.29, 0.717) is 0 Å². The normalized spacial score (nSPS) is 12.2. The summed E-state index contributed by atoms with van der Waals surface area (Å²) in [6.45, 7) is 1.85. The number of benzene rings is 3. The molecule has 0 bridgehead atoms. The Bertz CT molecular complexity index is 1140. The van der Waals surface area contributed by atoms with Gasteiger partial charge in [-0.25, -0.2) is 8.42 Å². The van der Waals surface area contributed by atoms with Crippen molar-refractivity contribution in [2.75, 3.05) is 4.72 Å². The zero-order chi connectivity index (χ0) is 21.0. The van der Waals surface area contributed by atoms with E-state index in [4.69, 9.17) is 23.2 Å². The maximum Gasteiger partial charge on any atom is 0.263 e. The molecule has 3 aromatic carbocycles. The number of halogens is 2. The minimum absolute atomic E-state index is 0.0292. The molecule has 0 radical (unpaired) electrons. The highest BCUT2D eigenvalue weighted by Gasteiger charge is 2.22. The molecule has 0 aromatic heterocycles. The van der Waals surface area contributed by atoms with Crippen molar-refractivity contribution < 1.29 is 13.2 Å². The lowest BCUT2D eigenvalue weighted by atomic mass is 10.1. The Kier molecular flexibility index (Phi) is 6.47. The second kappa shape index (κ2) is 8.86. The highest BCUT2D eigenvalue weighted by atomic mass is 35.5. The molecule has 3 aromatic rings. The van der Waals surface area contributed by atoms with Gasteiger partial charge in [-0.15, -0.1) is 0 Å². The summed E-state index contributed by atoms with van der Waals surface area (Å²) in [5.74, 6) is -0.406. The molecule has 0 heterocycles. The van der Waals surface area contributed by atoms with E-state index in [2.05, 4.69) is 10.0 Å². The summed E-state index contributed by atoms with van der Waals surface area (Å²) >= 11 is 11.9. The van der Waals surface area contributed by atoms with Crippen LogP contribution in [0.5, 0.6) is 0 Å². The first-order valence-electron chi connectivity index (χ1n) is 8.70. The van der Waals surface area contributed by atoms with Gasteiger partial charge in [-0.1, -0.05) is 65.7 Å². The van der Waals surface area contributed by atoms with Crippen LogP contribution in [-0.2, 0) is 10.0 Å². The standard InChI is InChI=1S/C21H18Cl2N2O3S/c1-14(15-7-3-2-4-8-15)24-21(26)17-9-5-6-10-19(17)25-29(27,28)20-13-16(22)11-12-18(20)23/h2-14,25H,1H3,(H,24,26)/t14-/m1/s1. The van der Waals surface area contributed by atoms with Crippen LogP contribution in [0.4, 0.5) is 5.69 Å². The zero-order valence-electron chi connectivity index (χ0n) is 15.4. The number of hydrogen-bond acceptors (Lipinski definition) is 3. The van der Waals surface area contributed by atoms with Crippen LogP contribution in [0.1, 0.15) is 28.9 Å². The molecule has 0 aliphatic heterocycles. The monoisotopic (exact) mass is 448 g/mol. The van der Waals surface area contributed by atoms with Crippen molar-refractivity contribution in [1.82, 2.24) is 5.32 Å². The number of hydrogen-bond donors (Lipinski definition) is 2. The van der Waals surface area contributed by atoms with E-state index in [1.807, 2.05) is 37.3 Å². The predicted octanol–water partition coefficient (Wildman–Crippen LogP) is 5.29. The highest BCUT2D eigenvalue weighted by molar-refractivity contribution is 7.92. The molecular weight excluding hydrogens is 431 g/mol. The summed E-state index contributed by atoms with van der Waals surface area (Å²) in [4.78, 5) is 12.6.